The first-order chi connectivity index (χ1) is 13.7. The van der Waals surface area contributed by atoms with Crippen molar-refractivity contribution in [3.63, 3.8) is 0 Å². The number of carbonyl (C=O) groups excluding carboxylic acids is 1. The second-order valence-corrected chi connectivity index (χ2v) is 6.85. The lowest BCUT2D eigenvalue weighted by atomic mass is 10.1. The molecule has 0 bridgehead atoms. The molecule has 3 rings (SSSR count). The highest BCUT2D eigenvalue weighted by Crippen LogP contribution is 2.29. The highest BCUT2D eigenvalue weighted by Gasteiger charge is 2.30. The largest absolute Gasteiger partial charge is 0.416 e. The van der Waals surface area contributed by atoms with E-state index in [2.05, 4.69) is 10.5 Å². The molecule has 0 unspecified atom stereocenters. The van der Waals surface area contributed by atoms with Crippen LogP contribution in [0.4, 0.5) is 13.2 Å². The number of hydrogen-bond donors (Lipinski definition) is 1. The molecule has 8 heteroatoms. The topological polar surface area (TPSA) is 46.4 Å². The fraction of sp³-hybridized carbons (Fsp3) is 0.143. The van der Waals surface area contributed by atoms with E-state index < -0.39 is 17.6 Å². The van der Waals surface area contributed by atoms with E-state index in [9.17, 15) is 18.0 Å². The van der Waals surface area contributed by atoms with E-state index in [1.807, 2.05) is 36.6 Å². The molecule has 1 heterocycles. The number of benzene rings is 2. The summed E-state index contributed by atoms with van der Waals surface area (Å²) in [5.41, 5.74) is 4.79. The molecule has 0 aliphatic carbocycles. The van der Waals surface area contributed by atoms with Gasteiger partial charge in [0.05, 0.1) is 11.8 Å². The Morgan fingerprint density at radius 1 is 1.10 bits per heavy atom. The quantitative estimate of drug-likeness (QED) is 0.438. The molecule has 3 aromatic rings. The fourth-order valence-corrected chi connectivity index (χ4v) is 3.09. The van der Waals surface area contributed by atoms with Crippen molar-refractivity contribution in [2.24, 2.45) is 5.10 Å². The van der Waals surface area contributed by atoms with Crippen LogP contribution in [0.15, 0.2) is 59.7 Å². The van der Waals surface area contributed by atoms with Gasteiger partial charge in [0, 0.05) is 33.2 Å². The number of carbonyl (C=O) groups is 1. The number of hydrogen-bond acceptors (Lipinski definition) is 2. The number of alkyl halides is 3. The molecular weight excluding hydrogens is 403 g/mol. The molecule has 0 aliphatic heterocycles. The zero-order valence-corrected chi connectivity index (χ0v) is 16.3. The number of hydrazone groups is 1. The minimum absolute atomic E-state index is 0.122. The zero-order chi connectivity index (χ0) is 21.2. The maximum absolute atomic E-state index is 12.8. The molecule has 150 valence electrons. The average molecular weight is 420 g/mol. The molecule has 1 amide bonds. The second-order valence-electron chi connectivity index (χ2n) is 6.42. The first kappa shape index (κ1) is 20.7. The third-order valence-corrected chi connectivity index (χ3v) is 4.63. The van der Waals surface area contributed by atoms with Crippen LogP contribution in [0.3, 0.4) is 0 Å². The summed E-state index contributed by atoms with van der Waals surface area (Å²) in [5.74, 6) is -0.723. The van der Waals surface area contributed by atoms with Crippen molar-refractivity contribution in [3.8, 4) is 5.69 Å². The normalized spacial score (nSPS) is 11.8. The highest BCUT2D eigenvalue weighted by atomic mass is 35.5. The van der Waals surface area contributed by atoms with Crippen LogP contribution in [-0.2, 0) is 6.18 Å². The Balaban J connectivity index is 1.77. The van der Waals surface area contributed by atoms with E-state index in [1.165, 1.54) is 18.3 Å². The van der Waals surface area contributed by atoms with Crippen LogP contribution in [0.5, 0.6) is 0 Å². The number of aryl methyl sites for hydroxylation is 1. The van der Waals surface area contributed by atoms with Gasteiger partial charge in [-0.05, 0) is 62.4 Å². The summed E-state index contributed by atoms with van der Waals surface area (Å²) in [6.45, 7) is 3.83. The summed E-state index contributed by atoms with van der Waals surface area (Å²) in [4.78, 5) is 12.1. The molecule has 4 nitrogen and oxygen atoms in total. The Hall–Kier alpha value is -3.06. The van der Waals surface area contributed by atoms with Gasteiger partial charge in [0.25, 0.3) is 5.91 Å². The van der Waals surface area contributed by atoms with Crippen molar-refractivity contribution in [2.75, 3.05) is 0 Å². The van der Waals surface area contributed by atoms with Gasteiger partial charge in [0.1, 0.15) is 0 Å². The summed E-state index contributed by atoms with van der Waals surface area (Å²) in [5, 5.41) is 4.53. The number of amides is 1. The van der Waals surface area contributed by atoms with E-state index in [-0.39, 0.29) is 5.56 Å². The van der Waals surface area contributed by atoms with Gasteiger partial charge in [-0.15, -0.1) is 0 Å². The van der Waals surface area contributed by atoms with Crippen LogP contribution in [-0.4, -0.2) is 16.7 Å². The van der Waals surface area contributed by atoms with E-state index in [4.69, 9.17) is 11.6 Å². The average Bonchev–Trinajstić information content (AvgIpc) is 2.95. The maximum Gasteiger partial charge on any atom is 0.416 e. The van der Waals surface area contributed by atoms with E-state index >= 15 is 0 Å². The van der Waals surface area contributed by atoms with E-state index in [0.29, 0.717) is 5.02 Å². The van der Waals surface area contributed by atoms with Crippen LogP contribution in [0.2, 0.25) is 5.02 Å². The monoisotopic (exact) mass is 419 g/mol. The van der Waals surface area contributed by atoms with Crippen molar-refractivity contribution in [1.82, 2.24) is 9.99 Å². The fourth-order valence-electron chi connectivity index (χ4n) is 2.97. The molecule has 0 saturated carbocycles. The minimum atomic E-state index is -4.52. The lowest BCUT2D eigenvalue weighted by Gasteiger charge is -2.09. The summed E-state index contributed by atoms with van der Waals surface area (Å²) in [6.07, 6.45) is -3.06. The van der Waals surface area contributed by atoms with E-state index in [0.717, 1.165) is 34.8 Å². The van der Waals surface area contributed by atoms with Gasteiger partial charge in [-0.2, -0.15) is 18.3 Å². The van der Waals surface area contributed by atoms with Crippen LogP contribution in [0.25, 0.3) is 5.69 Å². The van der Waals surface area contributed by atoms with Crippen LogP contribution < -0.4 is 5.43 Å². The summed E-state index contributed by atoms with van der Waals surface area (Å²) in [7, 11) is 0. The molecule has 0 saturated heterocycles. The summed E-state index contributed by atoms with van der Waals surface area (Å²) < 4.78 is 40.3. The number of aromatic nitrogens is 1. The molecular formula is C21H17ClF3N3O. The lowest BCUT2D eigenvalue weighted by molar-refractivity contribution is -0.137. The van der Waals surface area contributed by atoms with E-state index in [1.54, 1.807) is 12.1 Å². The SMILES string of the molecule is Cc1cc(/C=N/NC(=O)c2cccc(C(F)(F)F)c2)c(C)n1-c1ccc(Cl)cc1. The Morgan fingerprint density at radius 3 is 2.45 bits per heavy atom. The number of rotatable bonds is 4. The number of nitrogens with zero attached hydrogens (tertiary/aromatic N) is 2. The Kier molecular flexibility index (Phi) is 5.79. The molecule has 0 radical (unpaired) electrons. The van der Waals surface area contributed by atoms with Crippen molar-refractivity contribution >= 4 is 23.7 Å². The molecule has 0 atom stereocenters. The Bertz CT molecular complexity index is 1070. The van der Waals surface area contributed by atoms with Crippen molar-refractivity contribution in [2.45, 2.75) is 20.0 Å². The molecule has 2 aromatic carbocycles. The Labute approximate surface area is 170 Å². The summed E-state index contributed by atoms with van der Waals surface area (Å²) >= 11 is 5.93. The second kappa shape index (κ2) is 8.13. The van der Waals surface area contributed by atoms with Gasteiger partial charge < -0.3 is 4.57 Å². The molecule has 1 N–H and O–H groups in total. The van der Waals surface area contributed by atoms with Gasteiger partial charge in [0.15, 0.2) is 0 Å². The standard InChI is InChI=1S/C21H17ClF3N3O/c1-13-10-16(14(2)28(13)19-8-6-18(22)7-9-19)12-26-27-20(29)15-4-3-5-17(11-15)21(23,24)25/h3-12H,1-2H3,(H,27,29)/b26-12+. The smallest absolute Gasteiger partial charge is 0.318 e. The molecule has 0 fully saturated rings. The predicted octanol–water partition coefficient (Wildman–Crippen LogP) is 5.53. The zero-order valence-electron chi connectivity index (χ0n) is 15.6. The van der Waals surface area contributed by atoms with Gasteiger partial charge in [0.2, 0.25) is 0 Å². The lowest BCUT2D eigenvalue weighted by Crippen LogP contribution is -2.18. The van der Waals surface area contributed by atoms with Gasteiger partial charge in [-0.3, -0.25) is 4.79 Å². The molecule has 0 spiro atoms. The van der Waals surface area contributed by atoms with Crippen molar-refractivity contribution < 1.29 is 18.0 Å². The van der Waals surface area contributed by atoms with Gasteiger partial charge in [-0.25, -0.2) is 5.43 Å². The Morgan fingerprint density at radius 2 is 1.79 bits per heavy atom. The van der Waals surface area contributed by atoms with Crippen LogP contribution in [0.1, 0.15) is 32.9 Å². The van der Waals surface area contributed by atoms with Gasteiger partial charge in [-0.1, -0.05) is 17.7 Å². The maximum atomic E-state index is 12.8. The predicted molar refractivity (Wildman–Crippen MR) is 107 cm³/mol. The number of halogens is 4. The molecule has 29 heavy (non-hydrogen) atoms. The first-order valence-corrected chi connectivity index (χ1v) is 9.00. The van der Waals surface area contributed by atoms with Crippen molar-refractivity contribution in [3.05, 3.63) is 87.7 Å². The summed E-state index contributed by atoms with van der Waals surface area (Å²) in [6, 6.07) is 13.4. The van der Waals surface area contributed by atoms with Crippen LogP contribution in [0, 0.1) is 13.8 Å². The molecule has 0 aliphatic rings. The first-order valence-electron chi connectivity index (χ1n) is 8.62. The van der Waals surface area contributed by atoms with Gasteiger partial charge >= 0.3 is 6.18 Å². The highest BCUT2D eigenvalue weighted by molar-refractivity contribution is 6.30. The van der Waals surface area contributed by atoms with Crippen LogP contribution >= 0.6 is 11.6 Å². The minimum Gasteiger partial charge on any atom is -0.318 e. The third kappa shape index (κ3) is 4.68. The third-order valence-electron chi connectivity index (χ3n) is 4.38. The molecule has 1 aromatic heterocycles. The van der Waals surface area contributed by atoms with Crippen molar-refractivity contribution in [1.29, 1.82) is 0 Å². The number of nitrogens with one attached hydrogen (secondary N) is 1.